The molecule has 0 bridgehead atoms. The number of carbonyl (C=O) groups excluding carboxylic acids is 1. The summed E-state index contributed by atoms with van der Waals surface area (Å²) < 4.78 is 1.64. The number of rotatable bonds is 5. The van der Waals surface area contributed by atoms with Crippen molar-refractivity contribution in [1.82, 2.24) is 20.3 Å². The molecule has 0 aliphatic carbocycles. The molecule has 0 saturated heterocycles. The monoisotopic (exact) mass is 273 g/mol. The Bertz CT molecular complexity index is 576. The minimum atomic E-state index is -0.458. The first kappa shape index (κ1) is 14.2. The minimum absolute atomic E-state index is 0.264. The zero-order valence-corrected chi connectivity index (χ0v) is 11.7. The molecule has 1 heterocycles. The van der Waals surface area contributed by atoms with Gasteiger partial charge in [-0.1, -0.05) is 35.5 Å². The van der Waals surface area contributed by atoms with Gasteiger partial charge in [0.05, 0.1) is 12.7 Å². The Morgan fingerprint density at radius 2 is 2.05 bits per heavy atom. The van der Waals surface area contributed by atoms with E-state index < -0.39 is 5.54 Å². The SMILES string of the molecule is CC(C)(CN)NC(=O)c1cn(Cc2ccccc2)nn1. The Morgan fingerprint density at radius 3 is 2.70 bits per heavy atom. The second-order valence-electron chi connectivity index (χ2n) is 5.33. The van der Waals surface area contributed by atoms with Crippen LogP contribution in [0.3, 0.4) is 0 Å². The highest BCUT2D eigenvalue weighted by atomic mass is 16.2. The van der Waals surface area contributed by atoms with Crippen LogP contribution in [0.4, 0.5) is 0 Å². The van der Waals surface area contributed by atoms with Gasteiger partial charge < -0.3 is 11.1 Å². The van der Waals surface area contributed by atoms with E-state index in [2.05, 4.69) is 15.6 Å². The molecule has 0 aliphatic heterocycles. The van der Waals surface area contributed by atoms with Crippen LogP contribution in [-0.4, -0.2) is 33.0 Å². The molecular weight excluding hydrogens is 254 g/mol. The van der Waals surface area contributed by atoms with E-state index in [1.54, 1.807) is 10.9 Å². The molecule has 1 aromatic carbocycles. The summed E-state index contributed by atoms with van der Waals surface area (Å²) >= 11 is 0. The normalized spacial score (nSPS) is 11.3. The number of hydrogen-bond donors (Lipinski definition) is 2. The van der Waals surface area contributed by atoms with Crippen LogP contribution in [-0.2, 0) is 6.54 Å². The van der Waals surface area contributed by atoms with Gasteiger partial charge in [0.15, 0.2) is 5.69 Å². The molecule has 0 fully saturated rings. The first-order chi connectivity index (χ1) is 9.50. The average molecular weight is 273 g/mol. The highest BCUT2D eigenvalue weighted by molar-refractivity contribution is 5.92. The van der Waals surface area contributed by atoms with Gasteiger partial charge in [-0.2, -0.15) is 0 Å². The Balaban J connectivity index is 2.04. The lowest BCUT2D eigenvalue weighted by atomic mass is 10.1. The summed E-state index contributed by atoms with van der Waals surface area (Å²) in [6, 6.07) is 9.88. The molecular formula is C14H19N5O. The van der Waals surface area contributed by atoms with Gasteiger partial charge in [0, 0.05) is 12.1 Å². The molecule has 3 N–H and O–H groups in total. The molecule has 0 radical (unpaired) electrons. The molecule has 2 aromatic rings. The smallest absolute Gasteiger partial charge is 0.273 e. The predicted molar refractivity (Wildman–Crippen MR) is 76.2 cm³/mol. The first-order valence-corrected chi connectivity index (χ1v) is 6.47. The van der Waals surface area contributed by atoms with Crippen LogP contribution in [0.25, 0.3) is 0 Å². The van der Waals surface area contributed by atoms with Gasteiger partial charge in [-0.25, -0.2) is 4.68 Å². The van der Waals surface area contributed by atoms with Crippen molar-refractivity contribution in [3.63, 3.8) is 0 Å². The maximum Gasteiger partial charge on any atom is 0.273 e. The summed E-state index contributed by atoms with van der Waals surface area (Å²) in [5.74, 6) is -0.264. The summed E-state index contributed by atoms with van der Waals surface area (Å²) in [4.78, 5) is 12.0. The molecule has 0 atom stereocenters. The molecule has 0 unspecified atom stereocenters. The topological polar surface area (TPSA) is 85.8 Å². The number of hydrogen-bond acceptors (Lipinski definition) is 4. The van der Waals surface area contributed by atoms with E-state index in [1.165, 1.54) is 0 Å². The molecule has 6 heteroatoms. The highest BCUT2D eigenvalue weighted by Gasteiger charge is 2.21. The maximum absolute atomic E-state index is 12.0. The van der Waals surface area contributed by atoms with Crippen LogP contribution in [0.1, 0.15) is 29.9 Å². The zero-order valence-electron chi connectivity index (χ0n) is 11.7. The van der Waals surface area contributed by atoms with Gasteiger partial charge in [0.1, 0.15) is 0 Å². The van der Waals surface area contributed by atoms with Crippen LogP contribution in [0.15, 0.2) is 36.5 Å². The van der Waals surface area contributed by atoms with Crippen LogP contribution in [0.2, 0.25) is 0 Å². The molecule has 0 aliphatic rings. The second-order valence-corrected chi connectivity index (χ2v) is 5.33. The third-order valence-electron chi connectivity index (χ3n) is 2.92. The fraction of sp³-hybridized carbons (Fsp3) is 0.357. The van der Waals surface area contributed by atoms with Gasteiger partial charge in [-0.05, 0) is 19.4 Å². The molecule has 2 rings (SSSR count). The molecule has 1 amide bonds. The van der Waals surface area contributed by atoms with Crippen molar-refractivity contribution in [3.8, 4) is 0 Å². The summed E-state index contributed by atoms with van der Waals surface area (Å²) in [5, 5.41) is 10.7. The Morgan fingerprint density at radius 1 is 1.35 bits per heavy atom. The first-order valence-electron chi connectivity index (χ1n) is 6.47. The number of benzene rings is 1. The lowest BCUT2D eigenvalue weighted by molar-refractivity contribution is 0.0910. The third-order valence-corrected chi connectivity index (χ3v) is 2.92. The largest absolute Gasteiger partial charge is 0.344 e. The van der Waals surface area contributed by atoms with Crippen LogP contribution in [0, 0.1) is 0 Å². The fourth-order valence-corrected chi connectivity index (χ4v) is 1.67. The lowest BCUT2D eigenvalue weighted by Crippen LogP contribution is -2.48. The number of nitrogens with two attached hydrogens (primary N) is 1. The van der Waals surface area contributed by atoms with Crippen LogP contribution < -0.4 is 11.1 Å². The summed E-state index contributed by atoms with van der Waals surface area (Å²) in [7, 11) is 0. The van der Waals surface area contributed by atoms with Crippen molar-refractivity contribution >= 4 is 5.91 Å². The number of carbonyl (C=O) groups is 1. The fourth-order valence-electron chi connectivity index (χ4n) is 1.67. The third kappa shape index (κ3) is 3.64. The van der Waals surface area contributed by atoms with E-state index in [0.29, 0.717) is 18.8 Å². The van der Waals surface area contributed by atoms with E-state index in [9.17, 15) is 4.79 Å². The van der Waals surface area contributed by atoms with E-state index >= 15 is 0 Å². The second kappa shape index (κ2) is 5.83. The van der Waals surface area contributed by atoms with Crippen molar-refractivity contribution in [1.29, 1.82) is 0 Å². The van der Waals surface area contributed by atoms with Crippen LogP contribution in [0.5, 0.6) is 0 Å². The van der Waals surface area contributed by atoms with Gasteiger partial charge in [0.25, 0.3) is 5.91 Å². The number of aromatic nitrogens is 3. The zero-order chi connectivity index (χ0) is 14.6. The van der Waals surface area contributed by atoms with E-state index in [1.807, 2.05) is 44.2 Å². The molecule has 106 valence electrons. The van der Waals surface area contributed by atoms with E-state index in [4.69, 9.17) is 5.73 Å². The van der Waals surface area contributed by atoms with Gasteiger partial charge in [-0.3, -0.25) is 4.79 Å². The van der Waals surface area contributed by atoms with Crippen molar-refractivity contribution < 1.29 is 4.79 Å². The quantitative estimate of drug-likeness (QED) is 0.843. The standard InChI is InChI=1S/C14H19N5O/c1-14(2,10-15)16-13(20)12-9-19(18-17-12)8-11-6-4-3-5-7-11/h3-7,9H,8,10,15H2,1-2H3,(H,16,20). The number of nitrogens with one attached hydrogen (secondary N) is 1. The lowest BCUT2D eigenvalue weighted by Gasteiger charge is -2.23. The number of amides is 1. The Labute approximate surface area is 118 Å². The Hall–Kier alpha value is -2.21. The van der Waals surface area contributed by atoms with Gasteiger partial charge in [-0.15, -0.1) is 5.10 Å². The van der Waals surface area contributed by atoms with E-state index in [-0.39, 0.29) is 5.91 Å². The molecule has 0 saturated carbocycles. The summed E-state index contributed by atoms with van der Waals surface area (Å²) in [6.07, 6.45) is 1.63. The summed E-state index contributed by atoms with van der Waals surface area (Å²) in [5.41, 5.74) is 6.52. The van der Waals surface area contributed by atoms with Crippen molar-refractivity contribution in [2.45, 2.75) is 25.9 Å². The van der Waals surface area contributed by atoms with Gasteiger partial charge in [0.2, 0.25) is 0 Å². The molecule has 0 spiro atoms. The molecule has 20 heavy (non-hydrogen) atoms. The molecule has 1 aromatic heterocycles. The number of nitrogens with zero attached hydrogens (tertiary/aromatic N) is 3. The highest BCUT2D eigenvalue weighted by Crippen LogP contribution is 2.04. The van der Waals surface area contributed by atoms with Gasteiger partial charge >= 0.3 is 0 Å². The van der Waals surface area contributed by atoms with Crippen molar-refractivity contribution in [2.75, 3.05) is 6.54 Å². The summed E-state index contributed by atoms with van der Waals surface area (Å²) in [6.45, 7) is 4.66. The average Bonchev–Trinajstić information content (AvgIpc) is 2.88. The maximum atomic E-state index is 12.0. The van der Waals surface area contributed by atoms with Crippen LogP contribution >= 0.6 is 0 Å². The Kier molecular flexibility index (Phi) is 4.14. The molecule has 6 nitrogen and oxygen atoms in total. The van der Waals surface area contributed by atoms with Crippen molar-refractivity contribution in [2.24, 2.45) is 5.73 Å². The predicted octanol–water partition coefficient (Wildman–Crippen LogP) is 0.793. The minimum Gasteiger partial charge on any atom is -0.344 e. The van der Waals surface area contributed by atoms with Crippen molar-refractivity contribution in [3.05, 3.63) is 47.8 Å². The van der Waals surface area contributed by atoms with E-state index in [0.717, 1.165) is 5.56 Å².